The zero-order valence-electron chi connectivity index (χ0n) is 4.13. The maximum absolute atomic E-state index is 5.64. The van der Waals surface area contributed by atoms with Crippen LogP contribution in [0.3, 0.4) is 0 Å². The maximum atomic E-state index is 5.64. The Morgan fingerprint density at radius 2 is 1.17 bits per heavy atom. The van der Waals surface area contributed by atoms with E-state index < -0.39 is 6.62 Å². The summed E-state index contributed by atoms with van der Waals surface area (Å²) in [7, 11) is 0. The molecule has 0 nitrogen and oxygen atoms in total. The van der Waals surface area contributed by atoms with Crippen LogP contribution in [0, 0.1) is 0 Å². The normalized spacial score (nSPS) is 10.0. The first kappa shape index (κ1) is 10.4. The van der Waals surface area contributed by atoms with E-state index in [-0.39, 0.29) is 22.4 Å². The molecule has 0 aromatic heterocycles. The first-order chi connectivity index (χ1) is 2.00. The molecule has 0 spiro atoms. The van der Waals surface area contributed by atoms with Crippen LogP contribution in [0.4, 0.5) is 0 Å². The molecule has 0 radical (unpaired) electrons. The molecule has 42 valence electrons. The number of hydrogen-bond acceptors (Lipinski definition) is 0. The Hall–Kier alpha value is 1.46. The predicted molar refractivity (Wildman–Crippen MR) is 30.5 cm³/mol. The Balaban J connectivity index is 0. The molecule has 3 heteroatoms. The topological polar surface area (TPSA) is 0 Å². The Bertz CT molecular complexity index is 26.3. The summed E-state index contributed by atoms with van der Waals surface area (Å²) in [4.78, 5) is 0. The summed E-state index contributed by atoms with van der Waals surface area (Å²) >= 11 is 5.64. The number of rotatable bonds is 0. The smallest absolute Gasteiger partial charge is 0.0643 e. The largest absolute Gasteiger partial charge is 1.00 e. The van der Waals surface area contributed by atoms with Crippen LogP contribution in [0.1, 0.15) is 0 Å². The van der Waals surface area contributed by atoms with Crippen LogP contribution >= 0.6 is 17.9 Å². The molecule has 0 amide bonds. The van der Waals surface area contributed by atoms with E-state index >= 15 is 0 Å². The van der Waals surface area contributed by atoms with Gasteiger partial charge in [-0.15, -0.1) is 0 Å². The summed E-state index contributed by atoms with van der Waals surface area (Å²) in [5.41, 5.74) is 0. The molecular formula is C3H9AuClP+2. The first-order valence-electron chi connectivity index (χ1n) is 1.51. The minimum Gasteiger partial charge on any atom is 0.0643 e. The van der Waals surface area contributed by atoms with Crippen molar-refractivity contribution in [2.24, 2.45) is 0 Å². The second-order valence-electron chi connectivity index (χ2n) is 1.85. The summed E-state index contributed by atoms with van der Waals surface area (Å²) in [5, 5.41) is 0. The van der Waals surface area contributed by atoms with Gasteiger partial charge in [-0.25, -0.2) is 0 Å². The average molecular weight is 308 g/mol. The van der Waals surface area contributed by atoms with Crippen molar-refractivity contribution < 1.29 is 22.4 Å². The van der Waals surface area contributed by atoms with Crippen LogP contribution < -0.4 is 0 Å². The van der Waals surface area contributed by atoms with Crippen molar-refractivity contribution in [1.29, 1.82) is 0 Å². The van der Waals surface area contributed by atoms with Gasteiger partial charge in [0, 0.05) is 0 Å². The molecule has 0 bridgehead atoms. The monoisotopic (exact) mass is 308 g/mol. The quantitative estimate of drug-likeness (QED) is 0.475. The molecule has 0 saturated heterocycles. The van der Waals surface area contributed by atoms with Gasteiger partial charge in [-0.2, -0.15) is 0 Å². The maximum Gasteiger partial charge on any atom is 1.00 e. The number of halogens is 1. The van der Waals surface area contributed by atoms with Crippen molar-refractivity contribution in [2.45, 2.75) is 0 Å². The Kier molecular flexibility index (Phi) is 6.02. The Morgan fingerprint density at radius 3 is 1.17 bits per heavy atom. The van der Waals surface area contributed by atoms with Crippen molar-refractivity contribution in [3.63, 3.8) is 0 Å². The van der Waals surface area contributed by atoms with E-state index in [0.717, 1.165) is 0 Å². The average Bonchev–Trinajstić information content (AvgIpc) is 0.722. The minimum absolute atomic E-state index is 0. The fourth-order valence-electron chi connectivity index (χ4n) is 0. The van der Waals surface area contributed by atoms with E-state index in [4.69, 9.17) is 11.2 Å². The molecule has 0 rings (SSSR count). The SMILES string of the molecule is C[P+](C)(C)Cl.[Au+]. The first-order valence-corrected chi connectivity index (χ1v) is 5.55. The van der Waals surface area contributed by atoms with Crippen LogP contribution in [0.2, 0.25) is 0 Å². The third-order valence-electron chi connectivity index (χ3n) is 0. The van der Waals surface area contributed by atoms with Gasteiger partial charge < -0.3 is 0 Å². The van der Waals surface area contributed by atoms with Crippen LogP contribution in [-0.4, -0.2) is 20.0 Å². The van der Waals surface area contributed by atoms with Crippen molar-refractivity contribution in [3.05, 3.63) is 0 Å². The van der Waals surface area contributed by atoms with E-state index in [1.165, 1.54) is 0 Å². The van der Waals surface area contributed by atoms with E-state index in [2.05, 4.69) is 20.0 Å². The summed E-state index contributed by atoms with van der Waals surface area (Å²) in [6, 6.07) is 0. The van der Waals surface area contributed by atoms with Crippen LogP contribution in [-0.2, 0) is 22.4 Å². The van der Waals surface area contributed by atoms with E-state index in [9.17, 15) is 0 Å². The molecule has 0 aliphatic rings. The molecule has 0 heterocycles. The molecule has 0 aliphatic carbocycles. The van der Waals surface area contributed by atoms with Gasteiger partial charge in [0.2, 0.25) is 0 Å². The molecular weight excluding hydrogens is 299 g/mol. The zero-order chi connectivity index (χ0) is 4.50. The molecule has 0 atom stereocenters. The van der Waals surface area contributed by atoms with Crippen molar-refractivity contribution in [2.75, 3.05) is 20.0 Å². The second kappa shape index (κ2) is 3.46. The molecule has 0 aliphatic heterocycles. The fraction of sp³-hybridized carbons (Fsp3) is 1.00. The van der Waals surface area contributed by atoms with Crippen LogP contribution in [0.5, 0.6) is 0 Å². The standard InChI is InChI=1S/C3H9ClP.Au/c1-5(2,3)4;/h1-3H3;/q2*+1. The Labute approximate surface area is 60.3 Å². The van der Waals surface area contributed by atoms with Gasteiger partial charge in [0.05, 0.1) is 31.2 Å². The molecule has 0 saturated carbocycles. The van der Waals surface area contributed by atoms with Gasteiger partial charge in [-0.05, 0) is 0 Å². The molecule has 0 fully saturated rings. The predicted octanol–water partition coefficient (Wildman–Crippen LogP) is 2.04. The Morgan fingerprint density at radius 1 is 1.17 bits per heavy atom. The van der Waals surface area contributed by atoms with Gasteiger partial charge in [0.15, 0.2) is 0 Å². The molecule has 0 N–H and O–H groups in total. The summed E-state index contributed by atoms with van der Waals surface area (Å²) < 4.78 is 0. The van der Waals surface area contributed by atoms with E-state index in [1.54, 1.807) is 0 Å². The van der Waals surface area contributed by atoms with Gasteiger partial charge in [-0.3, -0.25) is 0 Å². The summed E-state index contributed by atoms with van der Waals surface area (Å²) in [6.07, 6.45) is 0. The third-order valence-corrected chi connectivity index (χ3v) is 0. The molecule has 0 aromatic rings. The van der Waals surface area contributed by atoms with Gasteiger partial charge in [0.1, 0.15) is 6.62 Å². The van der Waals surface area contributed by atoms with E-state index in [0.29, 0.717) is 0 Å². The second-order valence-corrected chi connectivity index (χ2v) is 8.59. The number of hydrogen-bond donors (Lipinski definition) is 0. The van der Waals surface area contributed by atoms with Crippen molar-refractivity contribution in [3.8, 4) is 0 Å². The van der Waals surface area contributed by atoms with Gasteiger partial charge in [0.25, 0.3) is 0 Å². The third kappa shape index (κ3) is 50.9. The fourth-order valence-corrected chi connectivity index (χ4v) is 0. The van der Waals surface area contributed by atoms with Gasteiger partial charge in [-0.1, -0.05) is 0 Å². The minimum atomic E-state index is -0.917. The molecule has 0 aromatic carbocycles. The molecule has 0 unspecified atom stereocenters. The van der Waals surface area contributed by atoms with Gasteiger partial charge >= 0.3 is 22.4 Å². The van der Waals surface area contributed by atoms with E-state index in [1.807, 2.05) is 0 Å². The summed E-state index contributed by atoms with van der Waals surface area (Å²) in [6.45, 7) is 5.28. The zero-order valence-corrected chi connectivity index (χ0v) is 7.94. The van der Waals surface area contributed by atoms with Crippen LogP contribution in [0.25, 0.3) is 0 Å². The molecule has 6 heavy (non-hydrogen) atoms. The summed E-state index contributed by atoms with van der Waals surface area (Å²) in [5.74, 6) is 0. The van der Waals surface area contributed by atoms with Crippen molar-refractivity contribution in [1.82, 2.24) is 0 Å². The van der Waals surface area contributed by atoms with Crippen molar-refractivity contribution >= 4 is 17.9 Å². The van der Waals surface area contributed by atoms with Crippen LogP contribution in [0.15, 0.2) is 0 Å².